The number of rotatable bonds is 4. The maximum Gasteiger partial charge on any atom is 0.371 e. The molecule has 1 aromatic rings. The first-order chi connectivity index (χ1) is 6.09. The van der Waals surface area contributed by atoms with E-state index in [2.05, 4.69) is 0 Å². The molecule has 1 aromatic heterocycles. The van der Waals surface area contributed by atoms with Crippen LogP contribution in [-0.4, -0.2) is 17.7 Å². The van der Waals surface area contributed by atoms with E-state index in [4.69, 9.17) is 14.3 Å². The highest BCUT2D eigenvalue weighted by molar-refractivity contribution is 5.84. The Balaban J connectivity index is 2.54. The Bertz CT molecular complexity index is 288. The molecule has 0 aliphatic carbocycles. The van der Waals surface area contributed by atoms with Crippen LogP contribution in [0.15, 0.2) is 16.5 Å². The summed E-state index contributed by atoms with van der Waals surface area (Å²) in [6, 6.07) is 2.88. The fourth-order valence-corrected chi connectivity index (χ4v) is 0.761. The second kappa shape index (κ2) is 3.98. The Kier molecular flexibility index (Phi) is 2.95. The van der Waals surface area contributed by atoms with Crippen molar-refractivity contribution in [3.8, 4) is 5.95 Å². The van der Waals surface area contributed by atoms with Gasteiger partial charge in [0.05, 0.1) is 6.61 Å². The lowest BCUT2D eigenvalue weighted by atomic mass is 10.2. The van der Waals surface area contributed by atoms with E-state index in [1.165, 1.54) is 12.1 Å². The van der Waals surface area contributed by atoms with E-state index in [0.29, 0.717) is 12.5 Å². The van der Waals surface area contributed by atoms with Crippen LogP contribution in [-0.2, 0) is 0 Å². The number of carboxylic acid groups (broad SMARTS) is 1. The van der Waals surface area contributed by atoms with Gasteiger partial charge in [0.25, 0.3) is 5.95 Å². The summed E-state index contributed by atoms with van der Waals surface area (Å²) in [6.45, 7) is 4.52. The summed E-state index contributed by atoms with van der Waals surface area (Å²) in [7, 11) is 0. The predicted molar refractivity (Wildman–Crippen MR) is 46.0 cm³/mol. The zero-order valence-corrected chi connectivity index (χ0v) is 7.61. The summed E-state index contributed by atoms with van der Waals surface area (Å²) < 4.78 is 10.0. The van der Waals surface area contributed by atoms with Crippen LogP contribution in [0.2, 0.25) is 0 Å². The third-order valence-corrected chi connectivity index (χ3v) is 1.35. The van der Waals surface area contributed by atoms with Crippen LogP contribution in [0.1, 0.15) is 24.4 Å². The van der Waals surface area contributed by atoms with Gasteiger partial charge in [-0.3, -0.25) is 0 Å². The van der Waals surface area contributed by atoms with Crippen molar-refractivity contribution >= 4 is 5.97 Å². The van der Waals surface area contributed by atoms with Crippen molar-refractivity contribution < 1.29 is 19.1 Å². The van der Waals surface area contributed by atoms with Crippen molar-refractivity contribution in [3.63, 3.8) is 0 Å². The topological polar surface area (TPSA) is 59.7 Å². The summed E-state index contributed by atoms with van der Waals surface area (Å²) >= 11 is 0. The van der Waals surface area contributed by atoms with E-state index in [-0.39, 0.29) is 11.7 Å². The van der Waals surface area contributed by atoms with Crippen LogP contribution < -0.4 is 4.74 Å². The standard InChI is InChI=1S/C9H12O4/c1-6(2)5-12-8-4-3-7(13-8)9(10)11/h3-4,6H,5H2,1-2H3,(H,10,11). The molecule has 72 valence electrons. The fourth-order valence-electron chi connectivity index (χ4n) is 0.761. The van der Waals surface area contributed by atoms with Crippen molar-refractivity contribution in [2.45, 2.75) is 13.8 Å². The molecule has 0 unspecified atom stereocenters. The van der Waals surface area contributed by atoms with Crippen LogP contribution in [0, 0.1) is 5.92 Å². The highest BCUT2D eigenvalue weighted by Crippen LogP contribution is 2.16. The van der Waals surface area contributed by atoms with Crippen LogP contribution >= 0.6 is 0 Å². The second-order valence-corrected chi connectivity index (χ2v) is 3.13. The molecule has 0 radical (unpaired) electrons. The molecule has 0 atom stereocenters. The monoisotopic (exact) mass is 184 g/mol. The zero-order chi connectivity index (χ0) is 9.84. The Morgan fingerprint density at radius 1 is 1.62 bits per heavy atom. The number of hydrogen-bond acceptors (Lipinski definition) is 3. The number of carboxylic acids is 1. The van der Waals surface area contributed by atoms with E-state index >= 15 is 0 Å². The minimum atomic E-state index is -1.08. The van der Waals surface area contributed by atoms with Crippen molar-refractivity contribution in [1.82, 2.24) is 0 Å². The molecule has 0 fully saturated rings. The van der Waals surface area contributed by atoms with Gasteiger partial charge in [0.15, 0.2) is 0 Å². The maximum absolute atomic E-state index is 10.4. The number of ether oxygens (including phenoxy) is 1. The smallest absolute Gasteiger partial charge is 0.371 e. The van der Waals surface area contributed by atoms with Crippen molar-refractivity contribution in [2.75, 3.05) is 6.61 Å². The van der Waals surface area contributed by atoms with E-state index in [1.807, 2.05) is 13.8 Å². The number of hydrogen-bond donors (Lipinski definition) is 1. The Morgan fingerprint density at radius 2 is 2.31 bits per heavy atom. The molecular formula is C9H12O4. The highest BCUT2D eigenvalue weighted by Gasteiger charge is 2.09. The first kappa shape index (κ1) is 9.64. The molecule has 4 heteroatoms. The van der Waals surface area contributed by atoms with Crippen LogP contribution in [0.4, 0.5) is 0 Å². The van der Waals surface area contributed by atoms with Gasteiger partial charge in [-0.1, -0.05) is 13.8 Å². The molecule has 0 aromatic carbocycles. The van der Waals surface area contributed by atoms with Gasteiger partial charge in [-0.15, -0.1) is 0 Å². The van der Waals surface area contributed by atoms with E-state index < -0.39 is 5.97 Å². The zero-order valence-electron chi connectivity index (χ0n) is 7.61. The normalized spacial score (nSPS) is 10.4. The van der Waals surface area contributed by atoms with Gasteiger partial charge >= 0.3 is 5.97 Å². The van der Waals surface area contributed by atoms with Crippen molar-refractivity contribution in [1.29, 1.82) is 0 Å². The van der Waals surface area contributed by atoms with Crippen molar-refractivity contribution in [3.05, 3.63) is 17.9 Å². The largest absolute Gasteiger partial charge is 0.475 e. The molecule has 0 aliphatic heterocycles. The average Bonchev–Trinajstić information content (AvgIpc) is 2.48. The Morgan fingerprint density at radius 3 is 2.77 bits per heavy atom. The third-order valence-electron chi connectivity index (χ3n) is 1.35. The van der Waals surface area contributed by atoms with Gasteiger partial charge in [0, 0.05) is 6.07 Å². The lowest BCUT2D eigenvalue weighted by Crippen LogP contribution is -2.03. The van der Waals surface area contributed by atoms with Gasteiger partial charge < -0.3 is 14.3 Å². The van der Waals surface area contributed by atoms with Gasteiger partial charge in [-0.05, 0) is 12.0 Å². The summed E-state index contributed by atoms with van der Waals surface area (Å²) in [5.74, 6) is -0.539. The molecule has 1 heterocycles. The van der Waals surface area contributed by atoms with Crippen LogP contribution in [0.3, 0.4) is 0 Å². The summed E-state index contributed by atoms with van der Waals surface area (Å²) in [6.07, 6.45) is 0. The average molecular weight is 184 g/mol. The molecule has 0 amide bonds. The lowest BCUT2D eigenvalue weighted by Gasteiger charge is -2.04. The first-order valence-electron chi connectivity index (χ1n) is 4.05. The van der Waals surface area contributed by atoms with Crippen molar-refractivity contribution in [2.24, 2.45) is 5.92 Å². The van der Waals surface area contributed by atoms with Gasteiger partial charge in [-0.25, -0.2) is 4.79 Å². The minimum Gasteiger partial charge on any atom is -0.475 e. The molecule has 0 bridgehead atoms. The molecule has 13 heavy (non-hydrogen) atoms. The minimum absolute atomic E-state index is 0.0984. The lowest BCUT2D eigenvalue weighted by molar-refractivity contribution is 0.0652. The molecule has 4 nitrogen and oxygen atoms in total. The first-order valence-corrected chi connectivity index (χ1v) is 4.05. The van der Waals surface area contributed by atoms with Crippen LogP contribution in [0.25, 0.3) is 0 Å². The maximum atomic E-state index is 10.4. The van der Waals surface area contributed by atoms with E-state index in [0.717, 1.165) is 0 Å². The number of carbonyl (C=O) groups is 1. The molecule has 1 N–H and O–H groups in total. The summed E-state index contributed by atoms with van der Waals surface area (Å²) in [5, 5.41) is 8.53. The summed E-state index contributed by atoms with van der Waals surface area (Å²) in [4.78, 5) is 10.4. The second-order valence-electron chi connectivity index (χ2n) is 3.13. The Labute approximate surface area is 76.1 Å². The number of aromatic carboxylic acids is 1. The molecular weight excluding hydrogens is 172 g/mol. The molecule has 0 saturated heterocycles. The predicted octanol–water partition coefficient (Wildman–Crippen LogP) is 2.01. The quantitative estimate of drug-likeness (QED) is 0.777. The Hall–Kier alpha value is -1.45. The van der Waals surface area contributed by atoms with Gasteiger partial charge in [0.2, 0.25) is 5.76 Å². The van der Waals surface area contributed by atoms with Gasteiger partial charge in [-0.2, -0.15) is 0 Å². The highest BCUT2D eigenvalue weighted by atomic mass is 16.6. The SMILES string of the molecule is CC(C)COc1ccc(C(=O)O)o1. The van der Waals surface area contributed by atoms with E-state index in [1.54, 1.807) is 0 Å². The van der Waals surface area contributed by atoms with E-state index in [9.17, 15) is 4.79 Å². The fraction of sp³-hybridized carbons (Fsp3) is 0.444. The molecule has 0 spiro atoms. The molecule has 0 saturated carbocycles. The summed E-state index contributed by atoms with van der Waals surface area (Å²) in [5.41, 5.74) is 0. The van der Waals surface area contributed by atoms with Crippen LogP contribution in [0.5, 0.6) is 5.95 Å². The van der Waals surface area contributed by atoms with Gasteiger partial charge in [0.1, 0.15) is 0 Å². The molecule has 0 aliphatic rings. The molecule has 1 rings (SSSR count). The number of furan rings is 1. The third kappa shape index (κ3) is 2.82.